The molecule has 0 aliphatic carbocycles. The molecule has 1 rings (SSSR count). The molecule has 0 saturated heterocycles. The normalized spacial score (nSPS) is 12.3. The first-order chi connectivity index (χ1) is 8.31. The van der Waals surface area contributed by atoms with E-state index in [2.05, 4.69) is 5.32 Å². The Hall–Kier alpha value is -1.26. The highest BCUT2D eigenvalue weighted by molar-refractivity contribution is 6.35. The summed E-state index contributed by atoms with van der Waals surface area (Å²) in [6.07, 6.45) is 0. The predicted molar refractivity (Wildman–Crippen MR) is 70.2 cm³/mol. The van der Waals surface area contributed by atoms with Crippen LogP contribution in [-0.4, -0.2) is 23.0 Å². The molecule has 1 aromatic rings. The lowest BCUT2D eigenvalue weighted by Crippen LogP contribution is -2.44. The number of amides is 1. The molecule has 6 heteroatoms. The Morgan fingerprint density at radius 3 is 2.06 bits per heavy atom. The van der Waals surface area contributed by atoms with Crippen molar-refractivity contribution in [2.45, 2.75) is 19.9 Å². The number of carbonyl (C=O) groups is 2. The summed E-state index contributed by atoms with van der Waals surface area (Å²) in [4.78, 5) is 22.9. The molecule has 4 nitrogen and oxygen atoms in total. The molecule has 0 bridgehead atoms. The summed E-state index contributed by atoms with van der Waals surface area (Å²) in [5.41, 5.74) is 0.236. The summed E-state index contributed by atoms with van der Waals surface area (Å²) >= 11 is 11.6. The summed E-state index contributed by atoms with van der Waals surface area (Å²) in [6.45, 7) is 3.42. The van der Waals surface area contributed by atoms with Crippen molar-refractivity contribution >= 4 is 35.1 Å². The van der Waals surface area contributed by atoms with Crippen LogP contribution in [0.1, 0.15) is 24.2 Å². The minimum Gasteiger partial charge on any atom is -0.480 e. The fraction of sp³-hybridized carbons (Fsp3) is 0.333. The van der Waals surface area contributed by atoms with Gasteiger partial charge in [-0.15, -0.1) is 0 Å². The summed E-state index contributed by atoms with van der Waals surface area (Å²) in [5, 5.41) is 12.1. The van der Waals surface area contributed by atoms with Gasteiger partial charge in [0.25, 0.3) is 5.91 Å². The molecular weight excluding hydrogens is 277 g/mol. The van der Waals surface area contributed by atoms with Crippen LogP contribution in [0.15, 0.2) is 18.2 Å². The quantitative estimate of drug-likeness (QED) is 0.896. The van der Waals surface area contributed by atoms with Crippen LogP contribution in [-0.2, 0) is 4.79 Å². The first-order valence-corrected chi connectivity index (χ1v) is 6.06. The highest BCUT2D eigenvalue weighted by Crippen LogP contribution is 2.19. The third kappa shape index (κ3) is 3.89. The molecule has 1 aromatic carbocycles. The molecule has 18 heavy (non-hydrogen) atoms. The molecule has 0 fully saturated rings. The van der Waals surface area contributed by atoms with Crippen molar-refractivity contribution in [3.8, 4) is 0 Å². The number of halogens is 2. The van der Waals surface area contributed by atoms with E-state index < -0.39 is 17.9 Å². The molecule has 0 spiro atoms. The van der Waals surface area contributed by atoms with E-state index in [0.29, 0.717) is 10.0 Å². The van der Waals surface area contributed by atoms with Gasteiger partial charge in [0.05, 0.1) is 0 Å². The number of aliphatic carboxylic acids is 1. The Balaban J connectivity index is 2.90. The second kappa shape index (κ2) is 6.07. The molecule has 0 saturated carbocycles. The molecule has 0 aliphatic rings. The summed E-state index contributed by atoms with van der Waals surface area (Å²) in [7, 11) is 0. The van der Waals surface area contributed by atoms with Crippen LogP contribution in [0.2, 0.25) is 10.0 Å². The molecule has 0 aliphatic heterocycles. The lowest BCUT2D eigenvalue weighted by Gasteiger charge is -2.18. The first kappa shape index (κ1) is 14.8. The van der Waals surface area contributed by atoms with Gasteiger partial charge in [0.15, 0.2) is 0 Å². The van der Waals surface area contributed by atoms with Crippen LogP contribution >= 0.6 is 23.2 Å². The standard InChI is InChI=1S/C12H13Cl2NO3/c1-6(2)10(12(17)18)15-11(16)7-3-8(13)5-9(14)4-7/h3-6,10H,1-2H3,(H,15,16)(H,17,18)/t10-/m0/s1. The van der Waals surface area contributed by atoms with Gasteiger partial charge in [0, 0.05) is 15.6 Å². The topological polar surface area (TPSA) is 66.4 Å². The van der Waals surface area contributed by atoms with Crippen LogP contribution in [0.4, 0.5) is 0 Å². The Morgan fingerprint density at radius 1 is 1.17 bits per heavy atom. The van der Waals surface area contributed by atoms with E-state index in [1.165, 1.54) is 18.2 Å². The minimum atomic E-state index is -1.08. The van der Waals surface area contributed by atoms with Crippen LogP contribution in [0.5, 0.6) is 0 Å². The van der Waals surface area contributed by atoms with Gasteiger partial charge in [-0.05, 0) is 24.1 Å². The van der Waals surface area contributed by atoms with Crippen molar-refractivity contribution in [2.75, 3.05) is 0 Å². The van der Waals surface area contributed by atoms with Crippen LogP contribution < -0.4 is 5.32 Å². The number of carboxylic acids is 1. The minimum absolute atomic E-state index is 0.221. The van der Waals surface area contributed by atoms with Crippen LogP contribution in [0, 0.1) is 5.92 Å². The Morgan fingerprint density at radius 2 is 1.67 bits per heavy atom. The Bertz CT molecular complexity index is 454. The van der Waals surface area contributed by atoms with E-state index in [-0.39, 0.29) is 11.5 Å². The van der Waals surface area contributed by atoms with Crippen molar-refractivity contribution in [1.82, 2.24) is 5.32 Å². The number of hydrogen-bond donors (Lipinski definition) is 2. The van der Waals surface area contributed by atoms with Gasteiger partial charge in [0.1, 0.15) is 6.04 Å². The lowest BCUT2D eigenvalue weighted by atomic mass is 10.0. The number of rotatable bonds is 4. The predicted octanol–water partition coefficient (Wildman–Crippen LogP) is 2.83. The third-order valence-electron chi connectivity index (χ3n) is 2.34. The maximum absolute atomic E-state index is 11.9. The van der Waals surface area contributed by atoms with E-state index in [1.807, 2.05) is 0 Å². The van der Waals surface area contributed by atoms with Gasteiger partial charge in [-0.2, -0.15) is 0 Å². The monoisotopic (exact) mass is 289 g/mol. The smallest absolute Gasteiger partial charge is 0.326 e. The number of hydrogen-bond acceptors (Lipinski definition) is 2. The van der Waals surface area contributed by atoms with Crippen LogP contribution in [0.25, 0.3) is 0 Å². The summed E-state index contributed by atoms with van der Waals surface area (Å²) in [6, 6.07) is 3.41. The summed E-state index contributed by atoms with van der Waals surface area (Å²) < 4.78 is 0. The van der Waals surface area contributed by atoms with Crippen molar-refractivity contribution < 1.29 is 14.7 Å². The molecule has 1 amide bonds. The summed E-state index contributed by atoms with van der Waals surface area (Å²) in [5.74, 6) is -1.81. The van der Waals surface area contributed by atoms with Gasteiger partial charge < -0.3 is 10.4 Å². The fourth-order valence-electron chi connectivity index (χ4n) is 1.42. The number of nitrogens with one attached hydrogen (secondary N) is 1. The molecular formula is C12H13Cl2NO3. The van der Waals surface area contributed by atoms with Crippen LogP contribution in [0.3, 0.4) is 0 Å². The zero-order chi connectivity index (χ0) is 13.9. The highest BCUT2D eigenvalue weighted by atomic mass is 35.5. The number of carboxylic acid groups (broad SMARTS) is 1. The SMILES string of the molecule is CC(C)[C@H](NC(=O)c1cc(Cl)cc(Cl)c1)C(=O)O. The third-order valence-corrected chi connectivity index (χ3v) is 2.78. The van der Waals surface area contributed by atoms with Crippen molar-refractivity contribution in [2.24, 2.45) is 5.92 Å². The van der Waals surface area contributed by atoms with Gasteiger partial charge in [-0.1, -0.05) is 37.0 Å². The Kier molecular flexibility index (Phi) is 4.99. The first-order valence-electron chi connectivity index (χ1n) is 5.31. The fourth-order valence-corrected chi connectivity index (χ4v) is 1.95. The largest absolute Gasteiger partial charge is 0.480 e. The Labute approximate surface area is 115 Å². The average molecular weight is 290 g/mol. The molecule has 2 N–H and O–H groups in total. The maximum Gasteiger partial charge on any atom is 0.326 e. The van der Waals surface area contributed by atoms with Gasteiger partial charge in [-0.25, -0.2) is 4.79 Å². The second-order valence-corrected chi connectivity index (χ2v) is 5.06. The van der Waals surface area contributed by atoms with Gasteiger partial charge >= 0.3 is 5.97 Å². The van der Waals surface area contributed by atoms with E-state index in [9.17, 15) is 9.59 Å². The van der Waals surface area contributed by atoms with Gasteiger partial charge in [-0.3, -0.25) is 4.79 Å². The molecule has 0 heterocycles. The zero-order valence-electron chi connectivity index (χ0n) is 9.91. The molecule has 0 aromatic heterocycles. The second-order valence-electron chi connectivity index (χ2n) is 4.19. The molecule has 1 atom stereocenters. The highest BCUT2D eigenvalue weighted by Gasteiger charge is 2.24. The van der Waals surface area contributed by atoms with E-state index in [4.69, 9.17) is 28.3 Å². The zero-order valence-corrected chi connectivity index (χ0v) is 11.4. The van der Waals surface area contributed by atoms with E-state index >= 15 is 0 Å². The van der Waals surface area contributed by atoms with Gasteiger partial charge in [0.2, 0.25) is 0 Å². The number of benzene rings is 1. The molecule has 0 radical (unpaired) electrons. The molecule has 0 unspecified atom stereocenters. The maximum atomic E-state index is 11.9. The average Bonchev–Trinajstić information content (AvgIpc) is 2.23. The lowest BCUT2D eigenvalue weighted by molar-refractivity contribution is -0.140. The van der Waals surface area contributed by atoms with E-state index in [0.717, 1.165) is 0 Å². The number of carbonyl (C=O) groups excluding carboxylic acids is 1. The van der Waals surface area contributed by atoms with Crippen molar-refractivity contribution in [3.63, 3.8) is 0 Å². The molecule has 98 valence electrons. The van der Waals surface area contributed by atoms with Crippen molar-refractivity contribution in [1.29, 1.82) is 0 Å². The van der Waals surface area contributed by atoms with E-state index in [1.54, 1.807) is 13.8 Å². The van der Waals surface area contributed by atoms with Crippen molar-refractivity contribution in [3.05, 3.63) is 33.8 Å².